The first kappa shape index (κ1) is 22.0. The van der Waals surface area contributed by atoms with Gasteiger partial charge in [-0.05, 0) is 62.2 Å². The van der Waals surface area contributed by atoms with Gasteiger partial charge in [0.15, 0.2) is 0 Å². The third-order valence-corrected chi connectivity index (χ3v) is 7.04. The maximum absolute atomic E-state index is 13.2. The smallest absolute Gasteiger partial charge is 0.296 e. The zero-order valence-corrected chi connectivity index (χ0v) is 19.8. The van der Waals surface area contributed by atoms with E-state index in [4.69, 9.17) is 21.1 Å². The molecule has 0 aliphatic carbocycles. The number of piperidine rings is 3. The molecule has 6 heterocycles. The summed E-state index contributed by atoms with van der Waals surface area (Å²) >= 11 is 7.34. The Labute approximate surface area is 200 Å². The van der Waals surface area contributed by atoms with Gasteiger partial charge in [0.1, 0.15) is 17.0 Å². The summed E-state index contributed by atoms with van der Waals surface area (Å²) in [5.74, 6) is 0.696. The minimum Gasteiger partial charge on any atom is -0.494 e. The average molecular weight is 487 g/mol. The maximum Gasteiger partial charge on any atom is 0.296 e. The van der Waals surface area contributed by atoms with E-state index in [1.807, 2.05) is 13.0 Å². The van der Waals surface area contributed by atoms with Gasteiger partial charge in [-0.2, -0.15) is 0 Å². The molecular weight excluding hydrogens is 464 g/mol. The Hall–Kier alpha value is -2.82. The number of amides is 1. The van der Waals surface area contributed by atoms with Crippen LogP contribution in [-0.4, -0.2) is 63.8 Å². The lowest BCUT2D eigenvalue weighted by Crippen LogP contribution is -2.52. The second-order valence-corrected chi connectivity index (χ2v) is 9.53. The number of hydrogen-bond acceptors (Lipinski definition) is 9. The van der Waals surface area contributed by atoms with E-state index in [-0.39, 0.29) is 12.0 Å². The van der Waals surface area contributed by atoms with Crippen LogP contribution in [0.2, 0.25) is 5.15 Å². The number of anilines is 1. The molecule has 3 aliphatic rings. The van der Waals surface area contributed by atoms with Gasteiger partial charge in [0.05, 0.1) is 18.9 Å². The molecular formula is C22H23ClN6O3S. The number of methoxy groups -OCH3 is 1. The number of nitrogens with zero attached hydrogens (tertiary/aromatic N) is 5. The maximum atomic E-state index is 13.2. The number of nitrogens with one attached hydrogen (secondary N) is 1. The van der Waals surface area contributed by atoms with E-state index in [1.54, 1.807) is 13.2 Å². The topological polar surface area (TPSA) is 102 Å². The van der Waals surface area contributed by atoms with Crippen molar-refractivity contribution in [1.82, 2.24) is 25.1 Å². The molecule has 3 aliphatic heterocycles. The summed E-state index contributed by atoms with van der Waals surface area (Å²) in [6, 6.07) is 3.47. The molecule has 0 radical (unpaired) electrons. The quantitative estimate of drug-likeness (QED) is 0.526. The summed E-state index contributed by atoms with van der Waals surface area (Å²) in [7, 11) is 1.54. The van der Waals surface area contributed by atoms with Gasteiger partial charge >= 0.3 is 0 Å². The number of aromatic nitrogens is 4. The van der Waals surface area contributed by atoms with Gasteiger partial charge in [-0.25, -0.2) is 4.98 Å². The van der Waals surface area contributed by atoms with Crippen LogP contribution in [0.5, 0.6) is 10.9 Å². The lowest BCUT2D eigenvalue weighted by atomic mass is 9.86. The number of ether oxygens (including phenoxy) is 2. The van der Waals surface area contributed by atoms with Crippen LogP contribution in [0.15, 0.2) is 24.5 Å². The highest BCUT2D eigenvalue weighted by atomic mass is 35.5. The molecule has 11 heteroatoms. The van der Waals surface area contributed by atoms with E-state index in [0.29, 0.717) is 43.8 Å². The van der Waals surface area contributed by atoms with Crippen LogP contribution in [-0.2, 0) is 0 Å². The number of carbonyl (C=O) groups is 1. The zero-order chi connectivity index (χ0) is 22.9. The molecule has 2 bridgehead atoms. The van der Waals surface area contributed by atoms with E-state index in [2.05, 4.69) is 30.4 Å². The molecule has 0 saturated carbocycles. The van der Waals surface area contributed by atoms with Crippen LogP contribution >= 0.6 is 22.9 Å². The molecule has 0 aromatic carbocycles. The number of aryl methyl sites for hydroxylation is 1. The number of fused-ring (bicyclic) bond motifs is 3. The minimum atomic E-state index is -0.363. The third kappa shape index (κ3) is 4.64. The zero-order valence-electron chi connectivity index (χ0n) is 18.2. The van der Waals surface area contributed by atoms with Crippen molar-refractivity contribution in [2.24, 2.45) is 5.92 Å². The Kier molecular flexibility index (Phi) is 6.13. The summed E-state index contributed by atoms with van der Waals surface area (Å²) < 4.78 is 11.5. The summed E-state index contributed by atoms with van der Waals surface area (Å²) in [5.41, 5.74) is 2.39. The van der Waals surface area contributed by atoms with Crippen LogP contribution in [0.4, 0.5) is 5.13 Å². The molecule has 1 N–H and O–H groups in total. The molecule has 1 amide bonds. The monoisotopic (exact) mass is 486 g/mol. The number of pyridine rings is 2. The molecule has 3 saturated heterocycles. The minimum absolute atomic E-state index is 0.126. The summed E-state index contributed by atoms with van der Waals surface area (Å²) in [5, 5.41) is 12.2. The second-order valence-electron chi connectivity index (χ2n) is 8.20. The molecule has 0 unspecified atom stereocenters. The average Bonchev–Trinajstić information content (AvgIpc) is 3.26. The first-order valence-electron chi connectivity index (χ1n) is 10.7. The van der Waals surface area contributed by atoms with Crippen LogP contribution in [0.3, 0.4) is 0 Å². The van der Waals surface area contributed by atoms with E-state index in [0.717, 1.165) is 38.2 Å². The number of hydrogen-bond donors (Lipinski definition) is 1. The standard InChI is InChI=1S/C22H23ClN6O3S/c1-12-7-14(15-8-19(23)25-10-17(15)31-2)16(9-24-12)20(30)26-21-27-28-22(33-21)32-18-11-29-5-3-13(18)4-6-29/h7-10,13,18H,3-6,11H2,1-2H3,(H,26,27,30)/t18-/m1/s1. The van der Waals surface area contributed by atoms with E-state index >= 15 is 0 Å². The van der Waals surface area contributed by atoms with Crippen molar-refractivity contribution in [3.8, 4) is 22.1 Å². The van der Waals surface area contributed by atoms with Crippen LogP contribution < -0.4 is 14.8 Å². The lowest BCUT2D eigenvalue weighted by molar-refractivity contribution is -0.00816. The number of halogens is 1. The van der Waals surface area contributed by atoms with Crippen molar-refractivity contribution in [3.63, 3.8) is 0 Å². The van der Waals surface area contributed by atoms with Crippen molar-refractivity contribution in [3.05, 3.63) is 40.9 Å². The Morgan fingerprint density at radius 3 is 2.73 bits per heavy atom. The van der Waals surface area contributed by atoms with Gasteiger partial charge < -0.3 is 9.47 Å². The highest BCUT2D eigenvalue weighted by molar-refractivity contribution is 7.17. The highest BCUT2D eigenvalue weighted by Gasteiger charge is 2.36. The van der Waals surface area contributed by atoms with Gasteiger partial charge in [0.25, 0.3) is 11.1 Å². The highest BCUT2D eigenvalue weighted by Crippen LogP contribution is 2.35. The van der Waals surface area contributed by atoms with E-state index in [9.17, 15) is 4.79 Å². The number of carbonyl (C=O) groups excluding carboxylic acids is 1. The molecule has 6 rings (SSSR count). The predicted octanol–water partition coefficient (Wildman–Crippen LogP) is 3.69. The molecule has 172 valence electrons. The molecule has 33 heavy (non-hydrogen) atoms. The Balaban J connectivity index is 1.35. The van der Waals surface area contributed by atoms with Gasteiger partial charge in [0.2, 0.25) is 5.13 Å². The molecule has 3 aromatic rings. The van der Waals surface area contributed by atoms with Crippen molar-refractivity contribution < 1.29 is 14.3 Å². The van der Waals surface area contributed by atoms with Gasteiger partial charge in [0, 0.05) is 29.6 Å². The van der Waals surface area contributed by atoms with E-state index in [1.165, 1.54) is 23.7 Å². The van der Waals surface area contributed by atoms with Gasteiger partial charge in [-0.1, -0.05) is 16.7 Å². The molecule has 3 fully saturated rings. The van der Waals surface area contributed by atoms with Gasteiger partial charge in [-0.3, -0.25) is 20.0 Å². The van der Waals surface area contributed by atoms with Crippen molar-refractivity contribution in [2.75, 3.05) is 32.1 Å². The largest absolute Gasteiger partial charge is 0.494 e. The third-order valence-electron chi connectivity index (χ3n) is 6.10. The molecule has 0 spiro atoms. The normalized spacial score (nSPS) is 21.6. The fourth-order valence-corrected chi connectivity index (χ4v) is 5.20. The predicted molar refractivity (Wildman–Crippen MR) is 125 cm³/mol. The number of rotatable bonds is 6. The Morgan fingerprint density at radius 1 is 1.18 bits per heavy atom. The van der Waals surface area contributed by atoms with Crippen molar-refractivity contribution >= 4 is 34.0 Å². The van der Waals surface area contributed by atoms with Crippen LogP contribution in [0, 0.1) is 12.8 Å². The van der Waals surface area contributed by atoms with Crippen LogP contribution in [0.25, 0.3) is 11.1 Å². The Morgan fingerprint density at radius 2 is 2.00 bits per heavy atom. The first-order chi connectivity index (χ1) is 16.0. The fraction of sp³-hybridized carbons (Fsp3) is 0.409. The summed E-state index contributed by atoms with van der Waals surface area (Å²) in [4.78, 5) is 23.9. The summed E-state index contributed by atoms with van der Waals surface area (Å²) in [6.45, 7) is 5.05. The Bertz CT molecular complexity index is 1180. The first-order valence-corrected chi connectivity index (χ1v) is 11.9. The molecule has 1 atom stereocenters. The van der Waals surface area contributed by atoms with Crippen molar-refractivity contribution in [1.29, 1.82) is 0 Å². The molecule has 3 aromatic heterocycles. The molecule has 9 nitrogen and oxygen atoms in total. The lowest BCUT2D eigenvalue weighted by Gasteiger charge is -2.43. The van der Waals surface area contributed by atoms with Crippen molar-refractivity contribution in [2.45, 2.75) is 25.9 Å². The van der Waals surface area contributed by atoms with Crippen LogP contribution in [0.1, 0.15) is 28.9 Å². The second kappa shape index (κ2) is 9.20. The fourth-order valence-electron chi connectivity index (χ4n) is 4.40. The van der Waals surface area contributed by atoms with E-state index < -0.39 is 0 Å². The SMILES string of the molecule is COc1cnc(Cl)cc1-c1cc(C)ncc1C(=O)Nc1nnc(O[C@@H]2CN3CCC2CC3)s1. The van der Waals surface area contributed by atoms with Gasteiger partial charge in [-0.15, -0.1) is 5.10 Å². The summed E-state index contributed by atoms with van der Waals surface area (Å²) in [6.07, 6.45) is 5.48.